The Morgan fingerprint density at radius 3 is 2.62 bits per heavy atom. The molecule has 0 amide bonds. The zero-order valence-electron chi connectivity index (χ0n) is 13.4. The zero-order valence-corrected chi connectivity index (χ0v) is 14.1. The third kappa shape index (κ3) is 7.14. The Labute approximate surface area is 132 Å². The summed E-state index contributed by atoms with van der Waals surface area (Å²) in [5.74, 6) is 0.858. The Balaban J connectivity index is 2.55. The zero-order chi connectivity index (χ0) is 15.7. The number of ether oxygens (including phenoxy) is 3. The van der Waals surface area contributed by atoms with Crippen molar-refractivity contribution in [2.24, 2.45) is 0 Å². The second-order valence-electron chi connectivity index (χ2n) is 5.48. The van der Waals surface area contributed by atoms with Gasteiger partial charge in [-0.05, 0) is 32.0 Å². The number of methoxy groups -OCH3 is 2. The number of hydrogen-bond donors (Lipinski definition) is 1. The molecule has 0 spiro atoms. The summed E-state index contributed by atoms with van der Waals surface area (Å²) in [7, 11) is 3.40. The Hall–Kier alpha value is -0.810. The quantitative estimate of drug-likeness (QED) is 0.673. The van der Waals surface area contributed by atoms with Crippen molar-refractivity contribution in [1.82, 2.24) is 5.32 Å². The van der Waals surface area contributed by atoms with Crippen molar-refractivity contribution >= 4 is 11.6 Å². The Morgan fingerprint density at radius 2 is 1.95 bits per heavy atom. The lowest BCUT2D eigenvalue weighted by atomic mass is 10.1. The van der Waals surface area contributed by atoms with Crippen molar-refractivity contribution in [3.63, 3.8) is 0 Å². The van der Waals surface area contributed by atoms with Gasteiger partial charge < -0.3 is 19.5 Å². The van der Waals surface area contributed by atoms with Gasteiger partial charge in [-0.1, -0.05) is 11.6 Å². The van der Waals surface area contributed by atoms with E-state index in [1.807, 2.05) is 32.0 Å². The predicted molar refractivity (Wildman–Crippen MR) is 86.2 cm³/mol. The molecule has 0 bridgehead atoms. The van der Waals surface area contributed by atoms with Crippen LogP contribution in [0.3, 0.4) is 0 Å². The predicted octanol–water partition coefficient (Wildman–Crippen LogP) is 3.27. The molecule has 4 nitrogen and oxygen atoms in total. The van der Waals surface area contributed by atoms with Crippen LogP contribution in [0.15, 0.2) is 18.2 Å². The normalized spacial score (nSPS) is 11.7. The maximum Gasteiger partial charge on any atom is 0.123 e. The summed E-state index contributed by atoms with van der Waals surface area (Å²) in [6, 6.07) is 5.69. The first-order valence-corrected chi connectivity index (χ1v) is 7.52. The number of rotatable bonds is 10. The largest absolute Gasteiger partial charge is 0.493 e. The molecule has 1 N–H and O–H groups in total. The summed E-state index contributed by atoms with van der Waals surface area (Å²) in [5.41, 5.74) is 0.873. The van der Waals surface area contributed by atoms with Gasteiger partial charge in [0.25, 0.3) is 0 Å². The van der Waals surface area contributed by atoms with Crippen molar-refractivity contribution in [3.05, 3.63) is 28.8 Å². The molecule has 0 saturated carbocycles. The van der Waals surface area contributed by atoms with E-state index in [9.17, 15) is 0 Å². The summed E-state index contributed by atoms with van der Waals surface area (Å²) >= 11 is 6.06. The van der Waals surface area contributed by atoms with Crippen LogP contribution in [0.5, 0.6) is 5.75 Å². The third-order valence-corrected chi connectivity index (χ3v) is 3.57. The molecule has 0 aliphatic heterocycles. The molecule has 0 saturated heterocycles. The van der Waals surface area contributed by atoms with Crippen LogP contribution in [0.1, 0.15) is 25.8 Å². The van der Waals surface area contributed by atoms with Crippen LogP contribution in [0.2, 0.25) is 5.02 Å². The van der Waals surface area contributed by atoms with E-state index in [-0.39, 0.29) is 5.60 Å². The first-order chi connectivity index (χ1) is 9.98. The average molecular weight is 316 g/mol. The van der Waals surface area contributed by atoms with Gasteiger partial charge in [0, 0.05) is 44.3 Å². The Kier molecular flexibility index (Phi) is 8.04. The third-order valence-electron chi connectivity index (χ3n) is 3.34. The van der Waals surface area contributed by atoms with Crippen molar-refractivity contribution in [2.75, 3.05) is 34.0 Å². The summed E-state index contributed by atoms with van der Waals surface area (Å²) in [6.07, 6.45) is 0.822. The highest BCUT2D eigenvalue weighted by molar-refractivity contribution is 6.30. The summed E-state index contributed by atoms with van der Waals surface area (Å²) in [6.45, 7) is 6.87. The fourth-order valence-corrected chi connectivity index (χ4v) is 1.93. The van der Waals surface area contributed by atoms with E-state index in [0.717, 1.165) is 24.3 Å². The lowest BCUT2D eigenvalue weighted by Crippen LogP contribution is -2.25. The highest BCUT2D eigenvalue weighted by Gasteiger charge is 2.16. The van der Waals surface area contributed by atoms with Crippen LogP contribution >= 0.6 is 11.6 Å². The van der Waals surface area contributed by atoms with E-state index in [4.69, 9.17) is 25.8 Å². The lowest BCUT2D eigenvalue weighted by Gasteiger charge is -2.23. The average Bonchev–Trinajstić information content (AvgIpc) is 2.45. The van der Waals surface area contributed by atoms with Gasteiger partial charge in [-0.3, -0.25) is 0 Å². The highest BCUT2D eigenvalue weighted by atomic mass is 35.5. The van der Waals surface area contributed by atoms with Gasteiger partial charge in [-0.2, -0.15) is 0 Å². The minimum absolute atomic E-state index is 0.177. The van der Waals surface area contributed by atoms with Gasteiger partial charge in [0.15, 0.2) is 0 Å². The summed E-state index contributed by atoms with van der Waals surface area (Å²) in [5, 5.41) is 4.01. The summed E-state index contributed by atoms with van der Waals surface area (Å²) < 4.78 is 16.3. The Morgan fingerprint density at radius 1 is 1.19 bits per heavy atom. The molecule has 0 aromatic heterocycles. The molecule has 0 aliphatic carbocycles. The summed E-state index contributed by atoms with van der Waals surface area (Å²) in [4.78, 5) is 0. The minimum atomic E-state index is -0.177. The molecular formula is C16H26ClNO3. The fourth-order valence-electron chi connectivity index (χ4n) is 1.73. The molecule has 120 valence electrons. The second-order valence-corrected chi connectivity index (χ2v) is 5.92. The molecule has 0 heterocycles. The molecule has 0 atom stereocenters. The Bertz CT molecular complexity index is 424. The highest BCUT2D eigenvalue weighted by Crippen LogP contribution is 2.24. The van der Waals surface area contributed by atoms with E-state index in [1.165, 1.54) is 0 Å². The minimum Gasteiger partial charge on any atom is -0.493 e. The molecule has 0 fully saturated rings. The van der Waals surface area contributed by atoms with Crippen LogP contribution < -0.4 is 10.1 Å². The molecule has 0 aliphatic rings. The van der Waals surface area contributed by atoms with E-state index in [2.05, 4.69) is 5.32 Å². The van der Waals surface area contributed by atoms with E-state index >= 15 is 0 Å². The molecule has 1 rings (SSSR count). The first kappa shape index (κ1) is 18.2. The first-order valence-electron chi connectivity index (χ1n) is 7.14. The second kappa shape index (κ2) is 9.26. The maximum absolute atomic E-state index is 6.06. The van der Waals surface area contributed by atoms with Crippen LogP contribution in [0.25, 0.3) is 0 Å². The molecular weight excluding hydrogens is 290 g/mol. The van der Waals surface area contributed by atoms with Gasteiger partial charge in [0.2, 0.25) is 0 Å². The molecule has 5 heteroatoms. The number of halogens is 1. The number of hydrogen-bond acceptors (Lipinski definition) is 4. The van der Waals surface area contributed by atoms with Crippen molar-refractivity contribution in [2.45, 2.75) is 32.4 Å². The topological polar surface area (TPSA) is 39.7 Å². The van der Waals surface area contributed by atoms with Crippen LogP contribution in [-0.4, -0.2) is 39.6 Å². The van der Waals surface area contributed by atoms with Gasteiger partial charge in [-0.25, -0.2) is 0 Å². The smallest absolute Gasteiger partial charge is 0.123 e. The standard InChI is InChI=1S/C16H26ClNO3/c1-16(2,20-4)7-9-21-15-6-5-14(17)11-13(15)12-18-8-10-19-3/h5-6,11,18H,7-10,12H2,1-4H3. The molecule has 21 heavy (non-hydrogen) atoms. The van der Waals surface area contributed by atoms with Gasteiger partial charge in [-0.15, -0.1) is 0 Å². The van der Waals surface area contributed by atoms with Gasteiger partial charge in [0.05, 0.1) is 18.8 Å². The monoisotopic (exact) mass is 315 g/mol. The van der Waals surface area contributed by atoms with Crippen molar-refractivity contribution in [1.29, 1.82) is 0 Å². The van der Waals surface area contributed by atoms with Crippen LogP contribution in [-0.2, 0) is 16.0 Å². The van der Waals surface area contributed by atoms with E-state index in [0.29, 0.717) is 24.8 Å². The van der Waals surface area contributed by atoms with E-state index in [1.54, 1.807) is 14.2 Å². The van der Waals surface area contributed by atoms with Gasteiger partial charge >= 0.3 is 0 Å². The van der Waals surface area contributed by atoms with Crippen LogP contribution in [0, 0.1) is 0 Å². The van der Waals surface area contributed by atoms with E-state index < -0.39 is 0 Å². The number of benzene rings is 1. The fraction of sp³-hybridized carbons (Fsp3) is 0.625. The molecule has 1 aromatic carbocycles. The maximum atomic E-state index is 6.06. The van der Waals surface area contributed by atoms with Crippen LogP contribution in [0.4, 0.5) is 0 Å². The van der Waals surface area contributed by atoms with Gasteiger partial charge in [0.1, 0.15) is 5.75 Å². The molecule has 0 unspecified atom stereocenters. The molecule has 1 aromatic rings. The SMILES string of the molecule is COCCNCc1cc(Cl)ccc1OCCC(C)(C)OC. The molecule has 0 radical (unpaired) electrons. The number of nitrogens with one attached hydrogen (secondary N) is 1. The van der Waals surface area contributed by atoms with Crippen molar-refractivity contribution < 1.29 is 14.2 Å². The van der Waals surface area contributed by atoms with Crippen molar-refractivity contribution in [3.8, 4) is 5.75 Å². The lowest BCUT2D eigenvalue weighted by molar-refractivity contribution is 0.00537.